The number of rotatable bonds is 5. The average Bonchev–Trinajstić information content (AvgIpc) is 2.95. The summed E-state index contributed by atoms with van der Waals surface area (Å²) in [7, 11) is 1.94. The van der Waals surface area contributed by atoms with Crippen LogP contribution in [-0.4, -0.2) is 51.9 Å². The zero-order valence-corrected chi connectivity index (χ0v) is 15.1. The van der Waals surface area contributed by atoms with Gasteiger partial charge >= 0.3 is 0 Å². The van der Waals surface area contributed by atoms with E-state index >= 15 is 0 Å². The van der Waals surface area contributed by atoms with Gasteiger partial charge in [0, 0.05) is 69.6 Å². The number of carbonyl (C=O) groups excluding carboxylic acids is 1. The summed E-state index contributed by atoms with van der Waals surface area (Å²) in [6.45, 7) is 3.57. The molecule has 2 atom stereocenters. The maximum atomic E-state index is 11.9. The maximum Gasteiger partial charge on any atom is 0.222 e. The molecule has 1 aromatic carbocycles. The van der Waals surface area contributed by atoms with Crippen molar-refractivity contribution in [3.63, 3.8) is 0 Å². The Morgan fingerprint density at radius 2 is 1.92 bits per heavy atom. The Balaban J connectivity index is 1.30. The van der Waals surface area contributed by atoms with E-state index in [2.05, 4.69) is 32.3 Å². The Kier molecular flexibility index (Phi) is 4.84. The molecular weight excluding hydrogens is 326 g/mol. The van der Waals surface area contributed by atoms with Crippen LogP contribution >= 0.6 is 0 Å². The van der Waals surface area contributed by atoms with Crippen LogP contribution in [-0.2, 0) is 17.9 Å². The second-order valence-corrected chi connectivity index (χ2v) is 7.31. The minimum absolute atomic E-state index is 0.291. The van der Waals surface area contributed by atoms with Gasteiger partial charge in [-0.3, -0.25) is 9.69 Å². The smallest absolute Gasteiger partial charge is 0.222 e. The first kappa shape index (κ1) is 17.0. The van der Waals surface area contributed by atoms with Gasteiger partial charge in [0.05, 0.1) is 0 Å². The van der Waals surface area contributed by atoms with E-state index in [0.29, 0.717) is 30.2 Å². The monoisotopic (exact) mass is 351 g/mol. The number of likely N-dealkylation sites (tertiary alicyclic amines) is 2. The molecule has 2 fully saturated rings. The number of nitrogens with zero attached hydrogens (tertiary/aromatic N) is 4. The van der Waals surface area contributed by atoms with Gasteiger partial charge in [0.25, 0.3) is 0 Å². The topological polar surface area (TPSA) is 61.4 Å². The second-order valence-electron chi connectivity index (χ2n) is 7.31. The van der Waals surface area contributed by atoms with Gasteiger partial charge in [0.15, 0.2) is 0 Å². The van der Waals surface area contributed by atoms with E-state index in [1.165, 1.54) is 5.56 Å². The van der Waals surface area contributed by atoms with E-state index in [-0.39, 0.29) is 0 Å². The molecule has 136 valence electrons. The van der Waals surface area contributed by atoms with Crippen LogP contribution in [0.5, 0.6) is 0 Å². The minimum atomic E-state index is 0.291. The van der Waals surface area contributed by atoms with Crippen molar-refractivity contribution < 1.29 is 4.79 Å². The molecule has 0 spiro atoms. The van der Waals surface area contributed by atoms with E-state index in [1.54, 1.807) is 0 Å². The molecule has 4 rings (SSSR count). The lowest BCUT2D eigenvalue weighted by molar-refractivity contribution is -0.127. The van der Waals surface area contributed by atoms with E-state index in [4.69, 9.17) is 0 Å². The van der Waals surface area contributed by atoms with Gasteiger partial charge in [-0.1, -0.05) is 30.3 Å². The van der Waals surface area contributed by atoms with Crippen molar-refractivity contribution in [2.75, 3.05) is 25.5 Å². The van der Waals surface area contributed by atoms with Crippen molar-refractivity contribution in [3.05, 3.63) is 53.9 Å². The molecule has 0 radical (unpaired) electrons. The van der Waals surface area contributed by atoms with Gasteiger partial charge < -0.3 is 10.2 Å². The molecule has 26 heavy (non-hydrogen) atoms. The van der Waals surface area contributed by atoms with Crippen LogP contribution in [0.2, 0.25) is 0 Å². The molecule has 2 aliphatic rings. The number of carbonyl (C=O) groups is 1. The molecule has 2 saturated heterocycles. The highest BCUT2D eigenvalue weighted by molar-refractivity contribution is 5.79. The fourth-order valence-electron chi connectivity index (χ4n) is 4.07. The number of hydrogen-bond donors (Lipinski definition) is 1. The molecular formula is C20H25N5O. The molecule has 1 aromatic heterocycles. The summed E-state index contributed by atoms with van der Waals surface area (Å²) in [6.07, 6.45) is 5.55. The first-order valence-electron chi connectivity index (χ1n) is 9.26. The quantitative estimate of drug-likeness (QED) is 0.894. The number of aromatic nitrogens is 2. The zero-order chi connectivity index (χ0) is 17.9. The molecule has 2 aliphatic heterocycles. The number of anilines is 1. The molecule has 6 heteroatoms. The fourth-order valence-corrected chi connectivity index (χ4v) is 4.07. The third-order valence-corrected chi connectivity index (χ3v) is 5.51. The largest absolute Gasteiger partial charge is 0.350 e. The maximum absolute atomic E-state index is 11.9. The Morgan fingerprint density at radius 1 is 1.15 bits per heavy atom. The Morgan fingerprint density at radius 3 is 2.69 bits per heavy atom. The van der Waals surface area contributed by atoms with Crippen molar-refractivity contribution in [2.45, 2.75) is 32.0 Å². The molecule has 3 heterocycles. The van der Waals surface area contributed by atoms with Gasteiger partial charge in [-0.15, -0.1) is 0 Å². The van der Waals surface area contributed by atoms with Gasteiger partial charge in [0.2, 0.25) is 11.9 Å². The predicted molar refractivity (Wildman–Crippen MR) is 100 cm³/mol. The summed E-state index contributed by atoms with van der Waals surface area (Å²) in [5.41, 5.74) is 2.32. The van der Waals surface area contributed by atoms with Crippen LogP contribution in [0.15, 0.2) is 42.7 Å². The standard InChI is InChI=1S/C20H25N5O/c1-24-18-7-8-25(14-17(18)9-19(24)26)13-16-11-22-20(23-12-16)21-10-15-5-3-2-4-6-15/h2-6,11-12,17-18H,7-10,13-14H2,1H3,(H,21,22,23)/t17-,18+/m1/s1. The fraction of sp³-hybridized carbons (Fsp3) is 0.450. The van der Waals surface area contributed by atoms with Gasteiger partial charge in [-0.25, -0.2) is 9.97 Å². The van der Waals surface area contributed by atoms with E-state index in [0.717, 1.165) is 38.2 Å². The highest BCUT2D eigenvalue weighted by Gasteiger charge is 2.40. The van der Waals surface area contributed by atoms with Crippen molar-refractivity contribution in [3.8, 4) is 0 Å². The van der Waals surface area contributed by atoms with Crippen LogP contribution in [0.3, 0.4) is 0 Å². The third kappa shape index (κ3) is 3.70. The molecule has 0 bridgehead atoms. The molecule has 1 amide bonds. The predicted octanol–water partition coefficient (Wildman–Crippen LogP) is 2.14. The highest BCUT2D eigenvalue weighted by Crippen LogP contribution is 2.31. The Bertz CT molecular complexity index is 749. The van der Waals surface area contributed by atoms with Crippen LogP contribution in [0.1, 0.15) is 24.0 Å². The summed E-state index contributed by atoms with van der Waals surface area (Å²) in [5.74, 6) is 1.41. The van der Waals surface area contributed by atoms with E-state index in [1.807, 2.05) is 42.5 Å². The average molecular weight is 351 g/mol. The number of benzene rings is 1. The lowest BCUT2D eigenvalue weighted by Gasteiger charge is -2.36. The first-order valence-corrected chi connectivity index (χ1v) is 9.26. The van der Waals surface area contributed by atoms with E-state index < -0.39 is 0 Å². The lowest BCUT2D eigenvalue weighted by Crippen LogP contribution is -2.44. The van der Waals surface area contributed by atoms with Crippen LogP contribution in [0, 0.1) is 5.92 Å². The number of hydrogen-bond acceptors (Lipinski definition) is 5. The summed E-state index contributed by atoms with van der Waals surface area (Å²) in [6, 6.07) is 10.7. The second kappa shape index (κ2) is 7.41. The van der Waals surface area contributed by atoms with Gasteiger partial charge in [-0.2, -0.15) is 0 Å². The molecule has 0 saturated carbocycles. The molecule has 1 N–H and O–H groups in total. The minimum Gasteiger partial charge on any atom is -0.350 e. The molecule has 0 unspecified atom stereocenters. The van der Waals surface area contributed by atoms with Crippen LogP contribution in [0.25, 0.3) is 0 Å². The number of fused-ring (bicyclic) bond motifs is 1. The highest BCUT2D eigenvalue weighted by atomic mass is 16.2. The summed E-state index contributed by atoms with van der Waals surface area (Å²) >= 11 is 0. The van der Waals surface area contributed by atoms with Crippen LogP contribution in [0.4, 0.5) is 5.95 Å². The van der Waals surface area contributed by atoms with Crippen LogP contribution < -0.4 is 5.32 Å². The van der Waals surface area contributed by atoms with Crippen molar-refractivity contribution in [1.82, 2.24) is 19.8 Å². The van der Waals surface area contributed by atoms with E-state index in [9.17, 15) is 4.79 Å². The molecule has 2 aromatic rings. The Hall–Kier alpha value is -2.47. The summed E-state index contributed by atoms with van der Waals surface area (Å²) in [5, 5.41) is 3.25. The summed E-state index contributed by atoms with van der Waals surface area (Å²) < 4.78 is 0. The van der Waals surface area contributed by atoms with Crippen molar-refractivity contribution in [2.24, 2.45) is 5.92 Å². The normalized spacial score (nSPS) is 23.1. The number of piperidine rings is 1. The van der Waals surface area contributed by atoms with Gasteiger partial charge in [-0.05, 0) is 12.0 Å². The Labute approximate surface area is 154 Å². The first-order chi connectivity index (χ1) is 12.7. The van der Waals surface area contributed by atoms with Crippen molar-refractivity contribution >= 4 is 11.9 Å². The summed E-state index contributed by atoms with van der Waals surface area (Å²) in [4.78, 5) is 25.1. The zero-order valence-electron chi connectivity index (χ0n) is 15.1. The number of amides is 1. The lowest BCUT2D eigenvalue weighted by atomic mass is 9.93. The van der Waals surface area contributed by atoms with Crippen molar-refractivity contribution in [1.29, 1.82) is 0 Å². The third-order valence-electron chi connectivity index (χ3n) is 5.51. The van der Waals surface area contributed by atoms with Gasteiger partial charge in [0.1, 0.15) is 0 Å². The number of nitrogens with one attached hydrogen (secondary N) is 1. The molecule has 0 aliphatic carbocycles. The SMILES string of the molecule is CN1C(=O)C[C@@H]2CN(Cc3cnc(NCc4ccccc4)nc3)CC[C@@H]21. The molecule has 6 nitrogen and oxygen atoms in total.